The van der Waals surface area contributed by atoms with E-state index in [-0.39, 0.29) is 4.84 Å². The van der Waals surface area contributed by atoms with Crippen LogP contribution in [0.25, 0.3) is 11.5 Å². The monoisotopic (exact) mass is 238 g/mol. The van der Waals surface area contributed by atoms with Crippen molar-refractivity contribution >= 4 is 12.2 Å². The number of aromatic amines is 1. The molecule has 0 saturated carbocycles. The van der Waals surface area contributed by atoms with E-state index in [0.717, 1.165) is 5.56 Å². The highest BCUT2D eigenvalue weighted by Crippen LogP contribution is 2.31. The maximum atomic E-state index is 5.22. The summed E-state index contributed by atoms with van der Waals surface area (Å²) in [5, 5.41) is 6.49. The Hall–Kier alpha value is -1.82. The van der Waals surface area contributed by atoms with Crippen LogP contribution < -0.4 is 9.47 Å². The van der Waals surface area contributed by atoms with Crippen LogP contribution in [0.1, 0.15) is 0 Å². The normalized spacial score (nSPS) is 10.1. The minimum atomic E-state index is 0.230. The molecule has 0 fully saturated rings. The molecule has 16 heavy (non-hydrogen) atoms. The van der Waals surface area contributed by atoms with Crippen molar-refractivity contribution in [2.45, 2.75) is 0 Å². The molecule has 5 nitrogen and oxygen atoms in total. The summed E-state index contributed by atoms with van der Waals surface area (Å²) < 4.78 is 15.5. The number of aromatic nitrogens is 2. The number of rotatable bonds is 3. The largest absolute Gasteiger partial charge is 0.497 e. The second-order valence-corrected chi connectivity index (χ2v) is 3.36. The first kappa shape index (κ1) is 10.7. The molecule has 1 aromatic heterocycles. The van der Waals surface area contributed by atoms with E-state index in [1.165, 1.54) is 0 Å². The van der Waals surface area contributed by atoms with Gasteiger partial charge >= 0.3 is 0 Å². The van der Waals surface area contributed by atoms with Crippen LogP contribution in [-0.4, -0.2) is 24.4 Å². The van der Waals surface area contributed by atoms with Crippen LogP contribution in [0, 0.1) is 4.84 Å². The minimum absolute atomic E-state index is 0.230. The molecule has 84 valence electrons. The Kier molecular flexibility index (Phi) is 2.91. The standard InChI is InChI=1S/C10H10N2O3S/c1-13-6-3-4-7(8(5-6)14-2)9-11-12-10(16)15-9/h3-5H,1-2H3,(H,12,16). The first-order valence-electron chi connectivity index (χ1n) is 4.52. The first-order valence-corrected chi connectivity index (χ1v) is 4.93. The van der Waals surface area contributed by atoms with Gasteiger partial charge in [0.2, 0.25) is 5.89 Å². The fourth-order valence-corrected chi connectivity index (χ4v) is 1.44. The number of nitrogens with one attached hydrogen (secondary N) is 1. The third-order valence-electron chi connectivity index (χ3n) is 2.08. The van der Waals surface area contributed by atoms with Gasteiger partial charge in [0, 0.05) is 6.07 Å². The Morgan fingerprint density at radius 2 is 2.12 bits per heavy atom. The van der Waals surface area contributed by atoms with Crippen LogP contribution in [0.15, 0.2) is 22.6 Å². The van der Waals surface area contributed by atoms with Gasteiger partial charge in [0.15, 0.2) is 0 Å². The van der Waals surface area contributed by atoms with E-state index in [1.807, 2.05) is 0 Å². The van der Waals surface area contributed by atoms with Crippen LogP contribution >= 0.6 is 12.2 Å². The zero-order chi connectivity index (χ0) is 11.5. The molecule has 0 aliphatic rings. The topological polar surface area (TPSA) is 60.3 Å². The van der Waals surface area contributed by atoms with Crippen molar-refractivity contribution in [1.29, 1.82) is 0 Å². The van der Waals surface area contributed by atoms with Gasteiger partial charge in [-0.2, -0.15) is 0 Å². The van der Waals surface area contributed by atoms with E-state index in [4.69, 9.17) is 26.1 Å². The van der Waals surface area contributed by atoms with Crippen molar-refractivity contribution in [3.05, 3.63) is 23.0 Å². The fourth-order valence-electron chi connectivity index (χ4n) is 1.32. The lowest BCUT2D eigenvalue weighted by molar-refractivity contribution is 0.394. The fraction of sp³-hybridized carbons (Fsp3) is 0.200. The number of nitrogens with zero attached hydrogens (tertiary/aromatic N) is 1. The van der Waals surface area contributed by atoms with Gasteiger partial charge in [-0.3, -0.25) is 0 Å². The maximum Gasteiger partial charge on any atom is 0.284 e. The SMILES string of the molecule is COc1ccc(-c2n[nH]c(=S)o2)c(OC)c1. The van der Waals surface area contributed by atoms with E-state index in [2.05, 4.69) is 10.2 Å². The third-order valence-corrected chi connectivity index (χ3v) is 2.25. The Morgan fingerprint density at radius 1 is 1.31 bits per heavy atom. The molecule has 0 amide bonds. The van der Waals surface area contributed by atoms with E-state index in [9.17, 15) is 0 Å². The van der Waals surface area contributed by atoms with Crippen LogP contribution in [0.5, 0.6) is 11.5 Å². The molecular formula is C10H10N2O3S. The lowest BCUT2D eigenvalue weighted by Crippen LogP contribution is -1.90. The van der Waals surface area contributed by atoms with Crippen LogP contribution in [0.2, 0.25) is 0 Å². The van der Waals surface area contributed by atoms with Gasteiger partial charge in [0.25, 0.3) is 4.84 Å². The van der Waals surface area contributed by atoms with Crippen molar-refractivity contribution in [3.63, 3.8) is 0 Å². The number of ether oxygens (including phenoxy) is 2. The summed E-state index contributed by atoms with van der Waals surface area (Å²) in [6, 6.07) is 5.35. The Labute approximate surface area is 97.0 Å². The van der Waals surface area contributed by atoms with Gasteiger partial charge in [-0.05, 0) is 24.4 Å². The quantitative estimate of drug-likeness (QED) is 0.832. The van der Waals surface area contributed by atoms with E-state index >= 15 is 0 Å². The molecule has 0 aliphatic heterocycles. The maximum absolute atomic E-state index is 5.22. The smallest absolute Gasteiger partial charge is 0.284 e. The van der Waals surface area contributed by atoms with Gasteiger partial charge in [0.1, 0.15) is 11.5 Å². The lowest BCUT2D eigenvalue weighted by atomic mass is 10.2. The molecule has 0 radical (unpaired) electrons. The molecule has 0 spiro atoms. The molecule has 0 unspecified atom stereocenters. The summed E-state index contributed by atoms with van der Waals surface area (Å²) in [6.07, 6.45) is 0. The highest BCUT2D eigenvalue weighted by molar-refractivity contribution is 7.71. The Morgan fingerprint density at radius 3 is 2.69 bits per heavy atom. The summed E-state index contributed by atoms with van der Waals surface area (Å²) in [6.45, 7) is 0. The summed E-state index contributed by atoms with van der Waals surface area (Å²) in [7, 11) is 3.16. The minimum Gasteiger partial charge on any atom is -0.497 e. The number of methoxy groups -OCH3 is 2. The summed E-state index contributed by atoms with van der Waals surface area (Å²) in [5.41, 5.74) is 0.718. The molecule has 1 aromatic carbocycles. The van der Waals surface area contributed by atoms with Crippen molar-refractivity contribution in [2.75, 3.05) is 14.2 Å². The van der Waals surface area contributed by atoms with Crippen molar-refractivity contribution < 1.29 is 13.9 Å². The predicted octanol–water partition coefficient (Wildman–Crippen LogP) is 2.42. The van der Waals surface area contributed by atoms with E-state index in [1.54, 1.807) is 32.4 Å². The second kappa shape index (κ2) is 4.36. The van der Waals surface area contributed by atoms with Crippen molar-refractivity contribution in [2.24, 2.45) is 0 Å². The number of benzene rings is 1. The van der Waals surface area contributed by atoms with Gasteiger partial charge in [-0.1, -0.05) is 0 Å². The highest BCUT2D eigenvalue weighted by Gasteiger charge is 2.11. The summed E-state index contributed by atoms with van der Waals surface area (Å²) >= 11 is 4.81. The van der Waals surface area contributed by atoms with Gasteiger partial charge in [-0.15, -0.1) is 5.10 Å². The van der Waals surface area contributed by atoms with Gasteiger partial charge in [0.05, 0.1) is 19.8 Å². The third kappa shape index (κ3) is 1.92. The first-order chi connectivity index (χ1) is 7.74. The van der Waals surface area contributed by atoms with E-state index < -0.39 is 0 Å². The predicted molar refractivity (Wildman–Crippen MR) is 60.2 cm³/mol. The van der Waals surface area contributed by atoms with Crippen LogP contribution in [-0.2, 0) is 0 Å². The van der Waals surface area contributed by atoms with Gasteiger partial charge < -0.3 is 13.9 Å². The van der Waals surface area contributed by atoms with Crippen molar-refractivity contribution in [3.8, 4) is 23.0 Å². The van der Waals surface area contributed by atoms with Crippen molar-refractivity contribution in [1.82, 2.24) is 10.2 Å². The zero-order valence-electron chi connectivity index (χ0n) is 8.81. The average Bonchev–Trinajstić information content (AvgIpc) is 2.74. The lowest BCUT2D eigenvalue weighted by Gasteiger charge is -2.06. The van der Waals surface area contributed by atoms with Crippen LogP contribution in [0.3, 0.4) is 0 Å². The second-order valence-electron chi connectivity index (χ2n) is 2.98. The zero-order valence-corrected chi connectivity index (χ0v) is 9.63. The van der Waals surface area contributed by atoms with Gasteiger partial charge in [-0.25, -0.2) is 5.10 Å². The molecule has 0 aliphatic carbocycles. The molecule has 1 N–H and O–H groups in total. The number of hydrogen-bond donors (Lipinski definition) is 1. The molecule has 0 atom stereocenters. The molecule has 1 heterocycles. The molecule has 2 aromatic rings. The number of hydrogen-bond acceptors (Lipinski definition) is 5. The molecule has 2 rings (SSSR count). The Balaban J connectivity index is 2.52. The highest BCUT2D eigenvalue weighted by atomic mass is 32.1. The molecule has 6 heteroatoms. The Bertz CT molecular complexity index is 547. The van der Waals surface area contributed by atoms with E-state index in [0.29, 0.717) is 17.4 Å². The molecule has 0 saturated heterocycles. The average molecular weight is 238 g/mol. The summed E-state index contributed by atoms with van der Waals surface area (Å²) in [4.78, 5) is 0.230. The van der Waals surface area contributed by atoms with Crippen LogP contribution in [0.4, 0.5) is 0 Å². The molecule has 0 bridgehead atoms. The molecular weight excluding hydrogens is 228 g/mol. The summed E-state index contributed by atoms with van der Waals surface area (Å²) in [5.74, 6) is 1.71. The number of H-pyrrole nitrogens is 1.